The number of rotatable bonds is 5. The van der Waals surface area contributed by atoms with Crippen molar-refractivity contribution in [2.45, 2.75) is 38.1 Å². The molecule has 0 saturated carbocycles. The molecule has 1 saturated heterocycles. The van der Waals surface area contributed by atoms with E-state index in [-0.39, 0.29) is 18.2 Å². The highest BCUT2D eigenvalue weighted by Crippen LogP contribution is 2.09. The number of nitrogens with two attached hydrogens (primary N) is 1. The molecule has 1 heterocycles. The quantitative estimate of drug-likeness (QED) is 0.576. The van der Waals surface area contributed by atoms with Gasteiger partial charge < -0.3 is 16.4 Å². The van der Waals surface area contributed by atoms with Gasteiger partial charge in [-0.1, -0.05) is 6.42 Å². The fraction of sp³-hybridized carbons (Fsp3) is 0.800. The van der Waals surface area contributed by atoms with Gasteiger partial charge in [-0.05, 0) is 19.4 Å². The Bertz CT molecular complexity index is 225. The van der Waals surface area contributed by atoms with E-state index in [1.165, 1.54) is 12.8 Å². The monoisotopic (exact) mass is 213 g/mol. The highest BCUT2D eigenvalue weighted by molar-refractivity contribution is 5.78. The minimum Gasteiger partial charge on any atom is -0.370 e. The van der Waals surface area contributed by atoms with Crippen molar-refractivity contribution in [2.75, 3.05) is 13.1 Å². The Morgan fingerprint density at radius 2 is 2.20 bits per heavy atom. The predicted molar refractivity (Wildman–Crippen MR) is 57.1 cm³/mol. The van der Waals surface area contributed by atoms with Crippen LogP contribution < -0.4 is 16.4 Å². The molecule has 0 radical (unpaired) electrons. The van der Waals surface area contributed by atoms with E-state index < -0.39 is 0 Å². The third-order valence-corrected chi connectivity index (χ3v) is 2.54. The lowest BCUT2D eigenvalue weighted by molar-refractivity contribution is -0.122. The van der Waals surface area contributed by atoms with E-state index in [1.807, 2.05) is 0 Å². The Morgan fingerprint density at radius 1 is 1.40 bits per heavy atom. The van der Waals surface area contributed by atoms with E-state index in [0.29, 0.717) is 19.0 Å². The van der Waals surface area contributed by atoms with E-state index >= 15 is 0 Å². The first-order chi connectivity index (χ1) is 7.18. The Labute approximate surface area is 89.8 Å². The number of carbonyl (C=O) groups excluding carboxylic acids is 2. The fourth-order valence-corrected chi connectivity index (χ4v) is 1.72. The van der Waals surface area contributed by atoms with Crippen LogP contribution in [0.2, 0.25) is 0 Å². The third kappa shape index (κ3) is 5.37. The molecule has 1 aliphatic rings. The molecule has 1 unspecified atom stereocenters. The van der Waals surface area contributed by atoms with E-state index in [1.54, 1.807) is 0 Å². The molecule has 2 amide bonds. The maximum atomic E-state index is 11.4. The lowest BCUT2D eigenvalue weighted by Gasteiger charge is -2.22. The van der Waals surface area contributed by atoms with Crippen molar-refractivity contribution in [2.24, 2.45) is 5.73 Å². The van der Waals surface area contributed by atoms with Crippen LogP contribution in [-0.4, -0.2) is 30.9 Å². The third-order valence-electron chi connectivity index (χ3n) is 2.54. The lowest BCUT2D eigenvalue weighted by Crippen LogP contribution is -2.39. The van der Waals surface area contributed by atoms with Crippen molar-refractivity contribution in [3.05, 3.63) is 0 Å². The van der Waals surface area contributed by atoms with Gasteiger partial charge in [0.15, 0.2) is 0 Å². The zero-order chi connectivity index (χ0) is 11.1. The van der Waals surface area contributed by atoms with Crippen molar-refractivity contribution in [1.82, 2.24) is 10.6 Å². The first-order valence-corrected chi connectivity index (χ1v) is 5.47. The molecular formula is C10H19N3O2. The second kappa shape index (κ2) is 6.40. The van der Waals surface area contributed by atoms with Gasteiger partial charge in [-0.25, -0.2) is 0 Å². The molecule has 1 aliphatic heterocycles. The Hall–Kier alpha value is -1.10. The highest BCUT2D eigenvalue weighted by Gasteiger charge is 2.15. The molecule has 5 heteroatoms. The smallest absolute Gasteiger partial charge is 0.221 e. The molecule has 1 rings (SSSR count). The molecule has 0 aromatic rings. The van der Waals surface area contributed by atoms with Crippen molar-refractivity contribution in [3.8, 4) is 0 Å². The van der Waals surface area contributed by atoms with E-state index in [2.05, 4.69) is 10.6 Å². The average molecular weight is 213 g/mol. The van der Waals surface area contributed by atoms with Crippen LogP contribution in [0.15, 0.2) is 0 Å². The predicted octanol–water partition coefficient (Wildman–Crippen LogP) is -0.490. The van der Waals surface area contributed by atoms with E-state index in [4.69, 9.17) is 5.73 Å². The van der Waals surface area contributed by atoms with Gasteiger partial charge in [-0.15, -0.1) is 0 Å². The number of hydrogen-bond donors (Lipinski definition) is 3. The SMILES string of the molecule is NC(=O)CCNC(=O)CC1CCCCN1. The van der Waals surface area contributed by atoms with E-state index in [0.717, 1.165) is 13.0 Å². The molecule has 0 spiro atoms. The summed E-state index contributed by atoms with van der Waals surface area (Å²) < 4.78 is 0. The summed E-state index contributed by atoms with van der Waals surface area (Å²) in [6, 6.07) is 0.298. The first kappa shape index (κ1) is 12.0. The molecule has 86 valence electrons. The van der Waals surface area contributed by atoms with Crippen LogP contribution in [0.1, 0.15) is 32.1 Å². The van der Waals surface area contributed by atoms with Crippen molar-refractivity contribution in [1.29, 1.82) is 0 Å². The summed E-state index contributed by atoms with van der Waals surface area (Å²) in [4.78, 5) is 21.8. The standard InChI is InChI=1S/C10H19N3O2/c11-9(14)4-6-13-10(15)7-8-3-1-2-5-12-8/h8,12H,1-7H2,(H2,11,14)(H,13,15). The van der Waals surface area contributed by atoms with Gasteiger partial charge in [0.25, 0.3) is 0 Å². The number of amides is 2. The maximum Gasteiger partial charge on any atom is 0.221 e. The second-order valence-corrected chi connectivity index (χ2v) is 3.92. The van der Waals surface area contributed by atoms with Crippen LogP contribution in [-0.2, 0) is 9.59 Å². The van der Waals surface area contributed by atoms with Crippen LogP contribution in [0.3, 0.4) is 0 Å². The summed E-state index contributed by atoms with van der Waals surface area (Å²) in [6.07, 6.45) is 4.15. The molecule has 0 aromatic heterocycles. The molecule has 0 bridgehead atoms. The number of primary amides is 1. The molecule has 1 fully saturated rings. The maximum absolute atomic E-state index is 11.4. The summed E-state index contributed by atoms with van der Waals surface area (Å²) in [5.41, 5.74) is 4.96. The van der Waals surface area contributed by atoms with Gasteiger partial charge in [-0.2, -0.15) is 0 Å². The topological polar surface area (TPSA) is 84.2 Å². The molecule has 1 atom stereocenters. The number of carbonyl (C=O) groups is 2. The minimum atomic E-state index is -0.383. The van der Waals surface area contributed by atoms with Crippen molar-refractivity contribution < 1.29 is 9.59 Å². The van der Waals surface area contributed by atoms with Crippen molar-refractivity contribution >= 4 is 11.8 Å². The normalized spacial score (nSPS) is 20.9. The fourth-order valence-electron chi connectivity index (χ4n) is 1.72. The number of hydrogen-bond acceptors (Lipinski definition) is 3. The van der Waals surface area contributed by atoms with Gasteiger partial charge in [-0.3, -0.25) is 9.59 Å². The Balaban J connectivity index is 2.09. The summed E-state index contributed by atoms with van der Waals surface area (Å²) >= 11 is 0. The zero-order valence-corrected chi connectivity index (χ0v) is 8.92. The summed E-state index contributed by atoms with van der Waals surface area (Å²) in [7, 11) is 0. The van der Waals surface area contributed by atoms with Gasteiger partial charge in [0.1, 0.15) is 0 Å². The average Bonchev–Trinajstić information content (AvgIpc) is 2.18. The Morgan fingerprint density at radius 3 is 2.80 bits per heavy atom. The van der Waals surface area contributed by atoms with Crippen LogP contribution in [0.25, 0.3) is 0 Å². The summed E-state index contributed by atoms with van der Waals surface area (Å²) in [6.45, 7) is 1.35. The second-order valence-electron chi connectivity index (χ2n) is 3.92. The van der Waals surface area contributed by atoms with Gasteiger partial charge in [0, 0.05) is 25.4 Å². The van der Waals surface area contributed by atoms with Crippen LogP contribution in [0, 0.1) is 0 Å². The zero-order valence-electron chi connectivity index (χ0n) is 8.92. The van der Waals surface area contributed by atoms with Gasteiger partial charge >= 0.3 is 0 Å². The molecule has 5 nitrogen and oxygen atoms in total. The van der Waals surface area contributed by atoms with Gasteiger partial charge in [0.2, 0.25) is 11.8 Å². The molecule has 15 heavy (non-hydrogen) atoms. The summed E-state index contributed by atoms with van der Waals surface area (Å²) in [5.74, 6) is -0.387. The summed E-state index contributed by atoms with van der Waals surface area (Å²) in [5, 5.41) is 5.98. The molecule has 0 aromatic carbocycles. The lowest BCUT2D eigenvalue weighted by atomic mass is 10.0. The van der Waals surface area contributed by atoms with E-state index in [9.17, 15) is 9.59 Å². The minimum absolute atomic E-state index is 0.00403. The van der Waals surface area contributed by atoms with Gasteiger partial charge in [0.05, 0.1) is 0 Å². The molecular weight excluding hydrogens is 194 g/mol. The first-order valence-electron chi connectivity index (χ1n) is 5.47. The Kier molecular flexibility index (Phi) is 5.10. The van der Waals surface area contributed by atoms with Crippen LogP contribution in [0.5, 0.6) is 0 Å². The number of nitrogens with one attached hydrogen (secondary N) is 2. The highest BCUT2D eigenvalue weighted by atomic mass is 16.2. The molecule has 4 N–H and O–H groups in total. The van der Waals surface area contributed by atoms with Crippen LogP contribution >= 0.6 is 0 Å². The molecule has 0 aliphatic carbocycles. The number of piperidine rings is 1. The van der Waals surface area contributed by atoms with Crippen molar-refractivity contribution in [3.63, 3.8) is 0 Å². The largest absolute Gasteiger partial charge is 0.370 e. The van der Waals surface area contributed by atoms with Crippen LogP contribution in [0.4, 0.5) is 0 Å².